The van der Waals surface area contributed by atoms with Gasteiger partial charge in [-0.2, -0.15) is 0 Å². The fraction of sp³-hybridized carbons (Fsp3) is 0.235. The number of nitrogens with one attached hydrogen (secondary N) is 2. The first kappa shape index (κ1) is 16.2. The van der Waals surface area contributed by atoms with Crippen molar-refractivity contribution in [1.82, 2.24) is 10.7 Å². The normalized spacial score (nSPS) is 10.1. The molecule has 2 aromatic rings. The van der Waals surface area contributed by atoms with Crippen LogP contribution < -0.4 is 15.8 Å². The number of aryl methyl sites for hydroxylation is 1. The van der Waals surface area contributed by atoms with Gasteiger partial charge in [-0.3, -0.25) is 10.4 Å². The molecule has 5 heteroatoms. The molecule has 3 nitrogen and oxygen atoms in total. The molecule has 0 unspecified atom stereocenters. The summed E-state index contributed by atoms with van der Waals surface area (Å²) in [6, 6.07) is 14.6. The zero-order valence-corrected chi connectivity index (χ0v) is 13.6. The average Bonchev–Trinajstić information content (AvgIpc) is 2.53. The minimum Gasteiger partial charge on any atom is -0.357 e. The molecule has 0 bridgehead atoms. The first-order valence-electron chi connectivity index (χ1n) is 7.21. The fourth-order valence-electron chi connectivity index (χ4n) is 2.00. The van der Waals surface area contributed by atoms with Crippen LogP contribution in [0.4, 0.5) is 10.1 Å². The summed E-state index contributed by atoms with van der Waals surface area (Å²) in [4.78, 5) is 0. The van der Waals surface area contributed by atoms with Gasteiger partial charge in [0.1, 0.15) is 5.82 Å². The van der Waals surface area contributed by atoms with Gasteiger partial charge in [0, 0.05) is 13.1 Å². The molecular weight excluding hydrogens is 297 g/mol. The Hall–Kier alpha value is -2.14. The summed E-state index contributed by atoms with van der Waals surface area (Å²) in [5.74, 6) is -0.235. The molecule has 0 radical (unpaired) electrons. The van der Waals surface area contributed by atoms with E-state index >= 15 is 0 Å². The van der Waals surface area contributed by atoms with E-state index in [2.05, 4.69) is 48.9 Å². The molecule has 0 heterocycles. The minimum absolute atomic E-state index is 0.235. The van der Waals surface area contributed by atoms with Crippen LogP contribution in [0.25, 0.3) is 0 Å². The van der Waals surface area contributed by atoms with Crippen molar-refractivity contribution in [2.24, 2.45) is 0 Å². The molecule has 0 saturated carbocycles. The fourth-order valence-corrected chi connectivity index (χ4v) is 2.18. The zero-order valence-electron chi connectivity index (χ0n) is 12.8. The third-order valence-electron chi connectivity index (χ3n) is 3.26. The molecule has 0 aliphatic carbocycles. The van der Waals surface area contributed by atoms with E-state index in [1.54, 1.807) is 12.1 Å². The number of hydrogen-bond donors (Lipinski definition) is 2. The molecular formula is C17H20FN3S. The maximum Gasteiger partial charge on any atom is 0.185 e. The first-order valence-corrected chi connectivity index (χ1v) is 7.62. The highest BCUT2D eigenvalue weighted by Gasteiger charge is 2.05. The van der Waals surface area contributed by atoms with E-state index < -0.39 is 0 Å². The molecule has 2 aromatic carbocycles. The van der Waals surface area contributed by atoms with Crippen molar-refractivity contribution in [3.63, 3.8) is 0 Å². The summed E-state index contributed by atoms with van der Waals surface area (Å²) >= 11 is 5.31. The van der Waals surface area contributed by atoms with Crippen molar-refractivity contribution >= 4 is 23.0 Å². The number of nitrogens with zero attached hydrogens (tertiary/aromatic N) is 1. The Kier molecular flexibility index (Phi) is 5.72. The summed E-state index contributed by atoms with van der Waals surface area (Å²) < 4.78 is 12.9. The summed E-state index contributed by atoms with van der Waals surface area (Å²) in [5.41, 5.74) is 6.41. The van der Waals surface area contributed by atoms with Crippen LogP contribution in [0, 0.1) is 12.7 Å². The molecule has 0 fully saturated rings. The molecule has 0 amide bonds. The maximum absolute atomic E-state index is 12.9. The van der Waals surface area contributed by atoms with Crippen molar-refractivity contribution < 1.29 is 4.39 Å². The Balaban J connectivity index is 1.89. The Morgan fingerprint density at radius 2 is 1.73 bits per heavy atom. The van der Waals surface area contributed by atoms with Gasteiger partial charge in [0.05, 0.1) is 5.69 Å². The standard InChI is InChI=1S/C17H20FN3S/c1-3-21(16-10-4-13(2)5-11-16)20-17(22)19-12-14-6-8-15(18)9-7-14/h4-11H,3,12H2,1-2H3,(H2,19,20,22). The van der Waals surface area contributed by atoms with Crippen LogP contribution in [0.15, 0.2) is 48.5 Å². The topological polar surface area (TPSA) is 27.3 Å². The van der Waals surface area contributed by atoms with Gasteiger partial charge in [-0.1, -0.05) is 29.8 Å². The van der Waals surface area contributed by atoms with E-state index in [4.69, 9.17) is 12.2 Å². The lowest BCUT2D eigenvalue weighted by molar-refractivity contribution is 0.626. The SMILES string of the molecule is CCN(NC(=S)NCc1ccc(F)cc1)c1ccc(C)cc1. The highest BCUT2D eigenvalue weighted by molar-refractivity contribution is 7.80. The molecule has 0 aliphatic rings. The van der Waals surface area contributed by atoms with Gasteiger partial charge in [0.25, 0.3) is 0 Å². The number of hydrogen-bond acceptors (Lipinski definition) is 2. The molecule has 0 saturated heterocycles. The van der Waals surface area contributed by atoms with Gasteiger partial charge in [-0.05, 0) is 55.9 Å². The van der Waals surface area contributed by atoms with Gasteiger partial charge >= 0.3 is 0 Å². The summed E-state index contributed by atoms with van der Waals surface area (Å²) in [5, 5.41) is 5.63. The number of thiocarbonyl (C=S) groups is 1. The second-order valence-corrected chi connectivity index (χ2v) is 5.41. The van der Waals surface area contributed by atoms with Crippen molar-refractivity contribution in [2.45, 2.75) is 20.4 Å². The Labute approximate surface area is 136 Å². The van der Waals surface area contributed by atoms with Crippen LogP contribution in [0.5, 0.6) is 0 Å². The van der Waals surface area contributed by atoms with E-state index in [0.717, 1.165) is 17.8 Å². The van der Waals surface area contributed by atoms with Crippen LogP contribution in [-0.4, -0.2) is 11.7 Å². The molecule has 0 aliphatic heterocycles. The Morgan fingerprint density at radius 1 is 1.09 bits per heavy atom. The Bertz CT molecular complexity index is 611. The van der Waals surface area contributed by atoms with Gasteiger partial charge in [-0.15, -0.1) is 0 Å². The summed E-state index contributed by atoms with van der Waals surface area (Å²) in [6.07, 6.45) is 0. The second-order valence-electron chi connectivity index (χ2n) is 5.00. The smallest absolute Gasteiger partial charge is 0.185 e. The number of halogens is 1. The zero-order chi connectivity index (χ0) is 15.9. The van der Waals surface area contributed by atoms with Crippen molar-refractivity contribution in [3.05, 3.63) is 65.5 Å². The molecule has 0 atom stereocenters. The van der Waals surface area contributed by atoms with E-state index in [1.807, 2.05) is 5.01 Å². The van der Waals surface area contributed by atoms with Gasteiger partial charge < -0.3 is 5.32 Å². The Morgan fingerprint density at radius 3 is 2.32 bits per heavy atom. The summed E-state index contributed by atoms with van der Waals surface area (Å²) in [7, 11) is 0. The second kappa shape index (κ2) is 7.75. The predicted molar refractivity (Wildman–Crippen MR) is 93.2 cm³/mol. The predicted octanol–water partition coefficient (Wildman–Crippen LogP) is 3.54. The van der Waals surface area contributed by atoms with Gasteiger partial charge in [-0.25, -0.2) is 4.39 Å². The third kappa shape index (κ3) is 4.70. The maximum atomic E-state index is 12.9. The highest BCUT2D eigenvalue weighted by atomic mass is 32.1. The average molecular weight is 317 g/mol. The number of rotatable bonds is 5. The van der Waals surface area contributed by atoms with Crippen molar-refractivity contribution in [2.75, 3.05) is 11.6 Å². The molecule has 2 N–H and O–H groups in total. The molecule has 2 rings (SSSR count). The van der Waals surface area contributed by atoms with E-state index in [9.17, 15) is 4.39 Å². The van der Waals surface area contributed by atoms with E-state index in [-0.39, 0.29) is 5.82 Å². The lowest BCUT2D eigenvalue weighted by atomic mass is 10.2. The summed E-state index contributed by atoms with van der Waals surface area (Å²) in [6.45, 7) is 5.44. The molecule has 0 spiro atoms. The number of hydrazine groups is 1. The molecule has 116 valence electrons. The minimum atomic E-state index is -0.235. The van der Waals surface area contributed by atoms with Gasteiger partial charge in [0.2, 0.25) is 0 Å². The van der Waals surface area contributed by atoms with Crippen LogP contribution >= 0.6 is 12.2 Å². The van der Waals surface area contributed by atoms with Gasteiger partial charge in [0.15, 0.2) is 5.11 Å². The van der Waals surface area contributed by atoms with E-state index in [1.165, 1.54) is 17.7 Å². The quantitative estimate of drug-likeness (QED) is 0.651. The monoisotopic (exact) mass is 317 g/mol. The van der Waals surface area contributed by atoms with Crippen molar-refractivity contribution in [1.29, 1.82) is 0 Å². The largest absolute Gasteiger partial charge is 0.357 e. The third-order valence-corrected chi connectivity index (χ3v) is 3.50. The van der Waals surface area contributed by atoms with Crippen LogP contribution in [0.2, 0.25) is 0 Å². The molecule has 0 aromatic heterocycles. The number of benzene rings is 2. The number of anilines is 1. The van der Waals surface area contributed by atoms with Crippen LogP contribution in [0.3, 0.4) is 0 Å². The van der Waals surface area contributed by atoms with Crippen molar-refractivity contribution in [3.8, 4) is 0 Å². The van der Waals surface area contributed by atoms with E-state index in [0.29, 0.717) is 11.7 Å². The van der Waals surface area contributed by atoms with Crippen LogP contribution in [0.1, 0.15) is 18.1 Å². The highest BCUT2D eigenvalue weighted by Crippen LogP contribution is 2.12. The lowest BCUT2D eigenvalue weighted by Crippen LogP contribution is -2.47. The first-order chi connectivity index (χ1) is 10.6. The molecule has 22 heavy (non-hydrogen) atoms. The lowest BCUT2D eigenvalue weighted by Gasteiger charge is -2.25. The van der Waals surface area contributed by atoms with Crippen LogP contribution in [-0.2, 0) is 6.54 Å².